The van der Waals surface area contributed by atoms with E-state index in [0.717, 1.165) is 17.7 Å². The Morgan fingerprint density at radius 2 is 1.87 bits per heavy atom. The van der Waals surface area contributed by atoms with Crippen molar-refractivity contribution in [1.82, 2.24) is 10.3 Å². The van der Waals surface area contributed by atoms with Crippen LogP contribution in [-0.4, -0.2) is 29.9 Å². The van der Waals surface area contributed by atoms with Gasteiger partial charge in [0.25, 0.3) is 0 Å². The molecule has 0 aliphatic rings. The number of unbranched alkanes of at least 4 members (excludes halogenated alkanes) is 1. The van der Waals surface area contributed by atoms with E-state index in [9.17, 15) is 14.0 Å². The lowest BCUT2D eigenvalue weighted by Crippen LogP contribution is -2.26. The lowest BCUT2D eigenvalue weighted by molar-refractivity contribution is -0.120. The average molecular weight is 448 g/mol. The van der Waals surface area contributed by atoms with E-state index in [0.29, 0.717) is 36.1 Å². The number of rotatable bonds is 11. The standard InChI is InChI=1S/C21H22FN3O3S2/c22-15-5-7-17(8-6-15)28-10-2-1-9-23-19(26)12-16-14-30-21(24-16)25-20(27)13-18-4-3-11-29-18/h3-8,11,14H,1-2,9-10,12-13H2,(H,23,26)(H,24,25,27). The molecule has 3 aromatic rings. The number of carbonyl (C=O) groups is 2. The van der Waals surface area contributed by atoms with Crippen LogP contribution in [0.3, 0.4) is 0 Å². The summed E-state index contributed by atoms with van der Waals surface area (Å²) < 4.78 is 18.3. The molecule has 3 rings (SSSR count). The second-order valence-electron chi connectivity index (χ2n) is 6.48. The molecule has 0 saturated heterocycles. The summed E-state index contributed by atoms with van der Waals surface area (Å²) in [7, 11) is 0. The number of halogens is 1. The quantitative estimate of drug-likeness (QED) is 0.435. The van der Waals surface area contributed by atoms with Crippen molar-refractivity contribution < 1.29 is 18.7 Å². The van der Waals surface area contributed by atoms with Gasteiger partial charge in [-0.25, -0.2) is 9.37 Å². The molecule has 2 amide bonds. The van der Waals surface area contributed by atoms with E-state index in [-0.39, 0.29) is 24.1 Å². The zero-order valence-corrected chi connectivity index (χ0v) is 17.9. The molecular formula is C21H22FN3O3S2. The first-order valence-corrected chi connectivity index (χ1v) is 11.3. The fourth-order valence-corrected chi connectivity index (χ4v) is 4.01. The molecule has 0 fully saturated rings. The molecular weight excluding hydrogens is 425 g/mol. The Bertz CT molecular complexity index is 943. The molecule has 2 aromatic heterocycles. The molecule has 0 aliphatic carbocycles. The highest BCUT2D eigenvalue weighted by molar-refractivity contribution is 7.14. The summed E-state index contributed by atoms with van der Waals surface area (Å²) in [5.74, 6) is 0.0992. The lowest BCUT2D eigenvalue weighted by Gasteiger charge is -2.07. The molecule has 0 unspecified atom stereocenters. The second-order valence-corrected chi connectivity index (χ2v) is 8.37. The molecule has 30 heavy (non-hydrogen) atoms. The van der Waals surface area contributed by atoms with Crippen LogP contribution in [0.4, 0.5) is 9.52 Å². The van der Waals surface area contributed by atoms with Crippen LogP contribution in [-0.2, 0) is 22.4 Å². The number of hydrogen-bond acceptors (Lipinski definition) is 6. The van der Waals surface area contributed by atoms with Crippen molar-refractivity contribution in [2.24, 2.45) is 0 Å². The van der Waals surface area contributed by atoms with Crippen molar-refractivity contribution in [2.45, 2.75) is 25.7 Å². The maximum Gasteiger partial charge on any atom is 0.231 e. The van der Waals surface area contributed by atoms with Gasteiger partial charge >= 0.3 is 0 Å². The van der Waals surface area contributed by atoms with Crippen LogP contribution in [0.2, 0.25) is 0 Å². The number of amides is 2. The number of nitrogens with zero attached hydrogens (tertiary/aromatic N) is 1. The van der Waals surface area contributed by atoms with Crippen molar-refractivity contribution in [1.29, 1.82) is 0 Å². The summed E-state index contributed by atoms with van der Waals surface area (Å²) in [5, 5.41) is 9.82. The van der Waals surface area contributed by atoms with Crippen molar-refractivity contribution in [3.8, 4) is 5.75 Å². The van der Waals surface area contributed by atoms with Gasteiger partial charge in [-0.1, -0.05) is 6.07 Å². The van der Waals surface area contributed by atoms with Gasteiger partial charge in [0.15, 0.2) is 5.13 Å². The van der Waals surface area contributed by atoms with Gasteiger partial charge in [-0.2, -0.15) is 0 Å². The molecule has 0 saturated carbocycles. The van der Waals surface area contributed by atoms with Gasteiger partial charge in [0.2, 0.25) is 11.8 Å². The topological polar surface area (TPSA) is 80.3 Å². The minimum absolute atomic E-state index is 0.115. The largest absolute Gasteiger partial charge is 0.494 e. The Morgan fingerprint density at radius 1 is 1.03 bits per heavy atom. The van der Waals surface area contributed by atoms with E-state index in [2.05, 4.69) is 15.6 Å². The summed E-state index contributed by atoms with van der Waals surface area (Å²) in [4.78, 5) is 29.3. The zero-order valence-electron chi connectivity index (χ0n) is 16.2. The molecule has 2 heterocycles. The highest BCUT2D eigenvalue weighted by Gasteiger charge is 2.10. The first-order chi connectivity index (χ1) is 14.6. The second kappa shape index (κ2) is 11.4. The van der Waals surface area contributed by atoms with Crippen LogP contribution in [0.1, 0.15) is 23.4 Å². The Hall–Kier alpha value is -2.78. The molecule has 0 bridgehead atoms. The van der Waals surface area contributed by atoms with Gasteiger partial charge in [-0.3, -0.25) is 9.59 Å². The maximum atomic E-state index is 12.8. The van der Waals surface area contributed by atoms with Crippen LogP contribution < -0.4 is 15.4 Å². The molecule has 2 N–H and O–H groups in total. The molecule has 6 nitrogen and oxygen atoms in total. The van der Waals surface area contributed by atoms with E-state index < -0.39 is 0 Å². The van der Waals surface area contributed by atoms with Crippen molar-refractivity contribution >= 4 is 39.6 Å². The molecule has 0 radical (unpaired) electrons. The van der Waals surface area contributed by atoms with Gasteiger partial charge in [0, 0.05) is 16.8 Å². The molecule has 0 spiro atoms. The average Bonchev–Trinajstić information content (AvgIpc) is 3.38. The predicted molar refractivity (Wildman–Crippen MR) is 117 cm³/mol. The third-order valence-electron chi connectivity index (χ3n) is 4.03. The highest BCUT2D eigenvalue weighted by Crippen LogP contribution is 2.17. The number of anilines is 1. The number of hydrogen-bond donors (Lipinski definition) is 2. The van der Waals surface area contributed by atoms with E-state index in [4.69, 9.17) is 4.74 Å². The number of nitrogens with one attached hydrogen (secondary N) is 2. The number of thiazole rings is 1. The Labute approximate surface area is 182 Å². The maximum absolute atomic E-state index is 12.8. The zero-order chi connectivity index (χ0) is 21.2. The smallest absolute Gasteiger partial charge is 0.231 e. The van der Waals surface area contributed by atoms with Crippen LogP contribution in [0, 0.1) is 5.82 Å². The van der Waals surface area contributed by atoms with Crippen LogP contribution >= 0.6 is 22.7 Å². The Kier molecular flexibility index (Phi) is 8.34. The van der Waals surface area contributed by atoms with Gasteiger partial charge in [0.05, 0.1) is 25.1 Å². The number of thiophene rings is 1. The number of carbonyl (C=O) groups excluding carboxylic acids is 2. The van der Waals surface area contributed by atoms with Crippen LogP contribution in [0.5, 0.6) is 5.75 Å². The minimum Gasteiger partial charge on any atom is -0.494 e. The SMILES string of the molecule is O=C(Cc1csc(NC(=O)Cc2cccs2)n1)NCCCCOc1ccc(F)cc1. The van der Waals surface area contributed by atoms with Crippen molar-refractivity contribution in [2.75, 3.05) is 18.5 Å². The monoisotopic (exact) mass is 447 g/mol. The minimum atomic E-state index is -0.293. The highest BCUT2D eigenvalue weighted by atomic mass is 32.1. The summed E-state index contributed by atoms with van der Waals surface area (Å²) in [5.41, 5.74) is 0.628. The number of aromatic nitrogens is 1. The number of ether oxygens (including phenoxy) is 1. The normalized spacial score (nSPS) is 10.6. The predicted octanol–water partition coefficient (Wildman–Crippen LogP) is 4.04. The van der Waals surface area contributed by atoms with E-state index in [1.54, 1.807) is 17.5 Å². The molecule has 1 aromatic carbocycles. The van der Waals surface area contributed by atoms with Gasteiger partial charge in [-0.05, 0) is 48.6 Å². The first kappa shape index (κ1) is 21.9. The third kappa shape index (κ3) is 7.57. The van der Waals surface area contributed by atoms with E-state index in [1.807, 2.05) is 17.5 Å². The Morgan fingerprint density at radius 3 is 2.63 bits per heavy atom. The lowest BCUT2D eigenvalue weighted by atomic mass is 10.3. The molecule has 9 heteroatoms. The molecule has 0 aliphatic heterocycles. The summed E-state index contributed by atoms with van der Waals surface area (Å²) >= 11 is 2.84. The fourth-order valence-electron chi connectivity index (χ4n) is 2.58. The molecule has 158 valence electrons. The fraction of sp³-hybridized carbons (Fsp3) is 0.286. The van der Waals surface area contributed by atoms with Gasteiger partial charge in [0.1, 0.15) is 11.6 Å². The first-order valence-electron chi connectivity index (χ1n) is 9.50. The molecule has 0 atom stereocenters. The van der Waals surface area contributed by atoms with E-state index in [1.165, 1.54) is 34.8 Å². The summed E-state index contributed by atoms with van der Waals surface area (Å²) in [6.07, 6.45) is 2.03. The number of benzene rings is 1. The summed E-state index contributed by atoms with van der Waals surface area (Å²) in [6, 6.07) is 9.71. The van der Waals surface area contributed by atoms with Crippen LogP contribution in [0.15, 0.2) is 47.2 Å². The van der Waals surface area contributed by atoms with Crippen molar-refractivity contribution in [3.63, 3.8) is 0 Å². The van der Waals surface area contributed by atoms with E-state index >= 15 is 0 Å². The van der Waals surface area contributed by atoms with Gasteiger partial charge in [-0.15, -0.1) is 22.7 Å². The third-order valence-corrected chi connectivity index (χ3v) is 5.71. The summed E-state index contributed by atoms with van der Waals surface area (Å²) in [6.45, 7) is 1.04. The van der Waals surface area contributed by atoms with Crippen molar-refractivity contribution in [3.05, 3.63) is 63.5 Å². The van der Waals surface area contributed by atoms with Crippen LogP contribution in [0.25, 0.3) is 0 Å². The van der Waals surface area contributed by atoms with Gasteiger partial charge < -0.3 is 15.4 Å². The Balaban J connectivity index is 1.28.